The quantitative estimate of drug-likeness (QED) is 0.627. The topological polar surface area (TPSA) is 17.8 Å². The summed E-state index contributed by atoms with van der Waals surface area (Å²) in [4.78, 5) is 4.30. The van der Waals surface area contributed by atoms with Crippen molar-refractivity contribution in [3.8, 4) is 0 Å². The van der Waals surface area contributed by atoms with Crippen molar-refractivity contribution < 1.29 is 0 Å². The normalized spacial score (nSPS) is 11.2. The van der Waals surface area contributed by atoms with Gasteiger partial charge < -0.3 is 4.57 Å². The van der Waals surface area contributed by atoms with E-state index in [1.807, 2.05) is 24.5 Å². The van der Waals surface area contributed by atoms with Crippen molar-refractivity contribution in [3.05, 3.63) is 30.6 Å². The van der Waals surface area contributed by atoms with Crippen molar-refractivity contribution in [3.63, 3.8) is 0 Å². The molecule has 0 unspecified atom stereocenters. The van der Waals surface area contributed by atoms with Crippen LogP contribution in [0.5, 0.6) is 0 Å². The van der Waals surface area contributed by atoms with E-state index in [1.54, 1.807) is 0 Å². The highest BCUT2D eigenvalue weighted by atomic mass is 15.1. The van der Waals surface area contributed by atoms with Gasteiger partial charge in [0.15, 0.2) is 0 Å². The van der Waals surface area contributed by atoms with Crippen molar-refractivity contribution in [1.82, 2.24) is 9.55 Å². The van der Waals surface area contributed by atoms with Gasteiger partial charge in [-0.3, -0.25) is 0 Å². The molecule has 0 spiro atoms. The van der Waals surface area contributed by atoms with Crippen LogP contribution in [-0.2, 0) is 0 Å². The molecule has 1 heterocycles. The molecule has 2 aromatic rings. The van der Waals surface area contributed by atoms with Crippen LogP contribution in [0, 0.1) is 0 Å². The molecule has 2 rings (SSSR count). The highest BCUT2D eigenvalue weighted by Gasteiger charge is 2.02. The van der Waals surface area contributed by atoms with Crippen LogP contribution in [0.1, 0.15) is 19.9 Å². The van der Waals surface area contributed by atoms with Crippen LogP contribution in [-0.4, -0.2) is 9.55 Å². The van der Waals surface area contributed by atoms with Gasteiger partial charge in [-0.15, -0.1) is 0 Å². The van der Waals surface area contributed by atoms with E-state index in [4.69, 9.17) is 0 Å². The van der Waals surface area contributed by atoms with Crippen LogP contribution in [0.3, 0.4) is 0 Å². The fraction of sp³-hybridized carbons (Fsp3) is 0.300. The predicted octanol–water partition coefficient (Wildman–Crippen LogP) is 2.62. The van der Waals surface area contributed by atoms with Gasteiger partial charge in [0.2, 0.25) is 0 Å². The number of hydrogen-bond acceptors (Lipinski definition) is 1. The molecule has 0 bridgehead atoms. The lowest BCUT2D eigenvalue weighted by Crippen LogP contribution is -1.97. The Kier molecular flexibility index (Phi) is 1.61. The molecule has 12 heavy (non-hydrogen) atoms. The summed E-state index contributed by atoms with van der Waals surface area (Å²) >= 11 is 0. The maximum Gasteiger partial charge on any atom is 0.0960 e. The van der Waals surface area contributed by atoms with Gasteiger partial charge in [0.25, 0.3) is 0 Å². The minimum absolute atomic E-state index is 0.484. The molecule has 0 saturated heterocycles. The number of benzene rings is 1. The first-order valence-electron chi connectivity index (χ1n) is 4.20. The number of nitrogens with zero attached hydrogens (tertiary/aromatic N) is 2. The molecule has 0 aliphatic carbocycles. The largest absolute Gasteiger partial charge is 0.328 e. The molecule has 1 aromatic heterocycles. The van der Waals surface area contributed by atoms with Crippen molar-refractivity contribution in [2.45, 2.75) is 19.9 Å². The first-order chi connectivity index (χ1) is 5.79. The lowest BCUT2D eigenvalue weighted by molar-refractivity contribution is 0.617. The summed E-state index contributed by atoms with van der Waals surface area (Å²) in [7, 11) is 0. The molecular formula is C10H12N2. The van der Waals surface area contributed by atoms with E-state index in [0.29, 0.717) is 6.04 Å². The summed E-state index contributed by atoms with van der Waals surface area (Å²) in [5, 5.41) is 0. The fourth-order valence-electron chi connectivity index (χ4n) is 1.39. The fourth-order valence-corrected chi connectivity index (χ4v) is 1.39. The summed E-state index contributed by atoms with van der Waals surface area (Å²) < 4.78 is 2.18. The SMILES string of the molecule is CC(C)n1cnc2ccccc21. The molecule has 0 atom stereocenters. The molecule has 2 heteroatoms. The zero-order chi connectivity index (χ0) is 8.55. The van der Waals surface area contributed by atoms with E-state index in [9.17, 15) is 0 Å². The summed E-state index contributed by atoms with van der Waals surface area (Å²) in [6.45, 7) is 4.32. The zero-order valence-electron chi connectivity index (χ0n) is 7.36. The van der Waals surface area contributed by atoms with E-state index in [-0.39, 0.29) is 0 Å². The maximum atomic E-state index is 4.30. The molecule has 2 nitrogen and oxygen atoms in total. The molecule has 0 N–H and O–H groups in total. The van der Waals surface area contributed by atoms with E-state index in [0.717, 1.165) is 5.52 Å². The Morgan fingerprint density at radius 1 is 1.25 bits per heavy atom. The third-order valence-corrected chi connectivity index (χ3v) is 2.04. The monoisotopic (exact) mass is 160 g/mol. The summed E-state index contributed by atoms with van der Waals surface area (Å²) in [5.41, 5.74) is 2.29. The van der Waals surface area contributed by atoms with Crippen LogP contribution in [0.25, 0.3) is 11.0 Å². The van der Waals surface area contributed by atoms with Crippen molar-refractivity contribution in [2.24, 2.45) is 0 Å². The van der Waals surface area contributed by atoms with Gasteiger partial charge in [0.1, 0.15) is 0 Å². The maximum absolute atomic E-state index is 4.30. The lowest BCUT2D eigenvalue weighted by Gasteiger charge is -2.06. The van der Waals surface area contributed by atoms with Gasteiger partial charge in [-0.25, -0.2) is 4.98 Å². The van der Waals surface area contributed by atoms with Crippen molar-refractivity contribution in [1.29, 1.82) is 0 Å². The van der Waals surface area contributed by atoms with Crippen LogP contribution < -0.4 is 0 Å². The van der Waals surface area contributed by atoms with Gasteiger partial charge in [-0.05, 0) is 26.0 Å². The summed E-state index contributed by atoms with van der Waals surface area (Å²) in [5.74, 6) is 0. The Morgan fingerprint density at radius 3 is 2.75 bits per heavy atom. The Hall–Kier alpha value is -1.31. The van der Waals surface area contributed by atoms with E-state index < -0.39 is 0 Å². The lowest BCUT2D eigenvalue weighted by atomic mass is 10.3. The Morgan fingerprint density at radius 2 is 2.00 bits per heavy atom. The summed E-state index contributed by atoms with van der Waals surface area (Å²) in [6, 6.07) is 8.68. The molecule has 62 valence electrons. The first-order valence-corrected chi connectivity index (χ1v) is 4.20. The number of hydrogen-bond donors (Lipinski definition) is 0. The molecule has 0 fully saturated rings. The molecule has 0 saturated carbocycles. The van der Waals surface area contributed by atoms with E-state index in [1.165, 1.54) is 5.52 Å². The molecule has 0 amide bonds. The second-order valence-corrected chi connectivity index (χ2v) is 3.23. The average molecular weight is 160 g/mol. The minimum atomic E-state index is 0.484. The second-order valence-electron chi connectivity index (χ2n) is 3.23. The van der Waals surface area contributed by atoms with Gasteiger partial charge in [0, 0.05) is 6.04 Å². The Bertz CT molecular complexity index is 387. The van der Waals surface area contributed by atoms with Gasteiger partial charge in [-0.1, -0.05) is 12.1 Å². The van der Waals surface area contributed by atoms with Crippen LogP contribution in [0.15, 0.2) is 30.6 Å². The zero-order valence-corrected chi connectivity index (χ0v) is 7.36. The third kappa shape index (κ3) is 0.998. The second kappa shape index (κ2) is 2.63. The van der Waals surface area contributed by atoms with Gasteiger partial charge >= 0.3 is 0 Å². The van der Waals surface area contributed by atoms with Crippen molar-refractivity contribution >= 4 is 11.0 Å². The third-order valence-electron chi connectivity index (χ3n) is 2.04. The van der Waals surface area contributed by atoms with E-state index >= 15 is 0 Å². The van der Waals surface area contributed by atoms with Crippen molar-refractivity contribution in [2.75, 3.05) is 0 Å². The van der Waals surface area contributed by atoms with Crippen LogP contribution >= 0.6 is 0 Å². The molecule has 0 aliphatic heterocycles. The van der Waals surface area contributed by atoms with Gasteiger partial charge in [0.05, 0.1) is 17.4 Å². The number of aromatic nitrogens is 2. The van der Waals surface area contributed by atoms with Crippen LogP contribution in [0.2, 0.25) is 0 Å². The molecular weight excluding hydrogens is 148 g/mol. The number of fused-ring (bicyclic) bond motifs is 1. The van der Waals surface area contributed by atoms with Crippen LogP contribution in [0.4, 0.5) is 0 Å². The number of para-hydroxylation sites is 2. The Labute approximate surface area is 71.8 Å². The van der Waals surface area contributed by atoms with E-state index in [2.05, 4.69) is 29.5 Å². The molecule has 1 aromatic carbocycles. The summed E-state index contributed by atoms with van der Waals surface area (Å²) in [6.07, 6.45) is 1.90. The smallest absolute Gasteiger partial charge is 0.0960 e. The average Bonchev–Trinajstić information content (AvgIpc) is 2.47. The standard InChI is InChI=1S/C10H12N2/c1-8(2)12-7-11-9-5-3-4-6-10(9)12/h3-8H,1-2H3. The Balaban J connectivity index is 2.70. The number of rotatable bonds is 1. The highest BCUT2D eigenvalue weighted by Crippen LogP contribution is 2.15. The first kappa shape index (κ1) is 7.35. The minimum Gasteiger partial charge on any atom is -0.328 e. The molecule has 0 aliphatic rings. The highest BCUT2D eigenvalue weighted by molar-refractivity contribution is 5.75. The van der Waals surface area contributed by atoms with Gasteiger partial charge in [-0.2, -0.15) is 0 Å². The predicted molar refractivity (Wildman–Crippen MR) is 50.1 cm³/mol. The molecule has 0 radical (unpaired) electrons. The number of imidazole rings is 1.